The van der Waals surface area contributed by atoms with Gasteiger partial charge >= 0.3 is 0 Å². The average molecular weight is 295 g/mol. The van der Waals surface area contributed by atoms with Gasteiger partial charge in [0.2, 0.25) is 0 Å². The maximum absolute atomic E-state index is 13.6. The van der Waals surface area contributed by atoms with E-state index < -0.39 is 11.6 Å². The molecule has 1 heterocycles. The zero-order chi connectivity index (χ0) is 15.1. The van der Waals surface area contributed by atoms with Crippen molar-refractivity contribution in [3.8, 4) is 5.69 Å². The number of ether oxygens (including phenoxy) is 1. The molecule has 21 heavy (non-hydrogen) atoms. The van der Waals surface area contributed by atoms with Crippen molar-refractivity contribution in [1.29, 1.82) is 0 Å². The standard InChI is InChI=1S/C15H19F2N3O/c1-21-8-7-18-6-2-3-12-10-19-20(11-12)15-5-4-13(16)9-14(15)17/h4-5,9-11,18H,2-3,6-8H2,1H3. The molecule has 0 radical (unpaired) electrons. The molecule has 2 rings (SSSR count). The summed E-state index contributed by atoms with van der Waals surface area (Å²) >= 11 is 0. The maximum atomic E-state index is 13.6. The number of aromatic nitrogens is 2. The van der Waals surface area contributed by atoms with Gasteiger partial charge in [-0.25, -0.2) is 13.5 Å². The molecule has 1 aromatic heterocycles. The summed E-state index contributed by atoms with van der Waals surface area (Å²) in [5.41, 5.74) is 1.27. The first-order valence-corrected chi connectivity index (χ1v) is 6.89. The fourth-order valence-electron chi connectivity index (χ4n) is 2.00. The lowest BCUT2D eigenvalue weighted by atomic mass is 10.2. The van der Waals surface area contributed by atoms with Crippen LogP contribution in [0.25, 0.3) is 5.69 Å². The fraction of sp³-hybridized carbons (Fsp3) is 0.400. The molecule has 114 valence electrons. The highest BCUT2D eigenvalue weighted by Gasteiger charge is 2.07. The van der Waals surface area contributed by atoms with Crippen molar-refractivity contribution in [2.24, 2.45) is 0 Å². The Hall–Kier alpha value is -1.79. The first kappa shape index (κ1) is 15.6. The second-order valence-electron chi connectivity index (χ2n) is 4.74. The molecular weight excluding hydrogens is 276 g/mol. The van der Waals surface area contributed by atoms with Crippen LogP contribution < -0.4 is 5.32 Å². The van der Waals surface area contributed by atoms with Gasteiger partial charge in [-0.1, -0.05) is 0 Å². The Kier molecular flexibility index (Phi) is 5.83. The minimum atomic E-state index is -0.620. The molecule has 1 N–H and O–H groups in total. The van der Waals surface area contributed by atoms with E-state index in [2.05, 4.69) is 10.4 Å². The Morgan fingerprint density at radius 1 is 1.29 bits per heavy atom. The molecule has 6 heteroatoms. The highest BCUT2D eigenvalue weighted by atomic mass is 19.1. The zero-order valence-corrected chi connectivity index (χ0v) is 12.0. The van der Waals surface area contributed by atoms with Crippen LogP contribution >= 0.6 is 0 Å². The lowest BCUT2D eigenvalue weighted by molar-refractivity contribution is 0.199. The van der Waals surface area contributed by atoms with Crippen molar-refractivity contribution < 1.29 is 13.5 Å². The molecule has 0 fully saturated rings. The smallest absolute Gasteiger partial charge is 0.151 e. The molecule has 4 nitrogen and oxygen atoms in total. The number of benzene rings is 1. The molecule has 0 spiro atoms. The van der Waals surface area contributed by atoms with E-state index in [0.29, 0.717) is 6.61 Å². The van der Waals surface area contributed by atoms with Crippen LogP contribution in [-0.2, 0) is 11.2 Å². The molecule has 0 amide bonds. The van der Waals surface area contributed by atoms with Gasteiger partial charge in [-0.05, 0) is 37.1 Å². The Morgan fingerprint density at radius 2 is 2.14 bits per heavy atom. The topological polar surface area (TPSA) is 39.1 Å². The molecule has 0 saturated heterocycles. The van der Waals surface area contributed by atoms with Crippen LogP contribution in [0.2, 0.25) is 0 Å². The van der Waals surface area contributed by atoms with Gasteiger partial charge in [0.25, 0.3) is 0 Å². The number of nitrogens with zero attached hydrogens (tertiary/aromatic N) is 2. The van der Waals surface area contributed by atoms with Gasteiger partial charge in [0, 0.05) is 25.9 Å². The third-order valence-corrected chi connectivity index (χ3v) is 3.09. The third-order valence-electron chi connectivity index (χ3n) is 3.09. The van der Waals surface area contributed by atoms with E-state index in [9.17, 15) is 8.78 Å². The molecule has 2 aromatic rings. The predicted molar refractivity (Wildman–Crippen MR) is 76.5 cm³/mol. The summed E-state index contributed by atoms with van der Waals surface area (Å²) in [6.45, 7) is 2.41. The number of rotatable bonds is 8. The average Bonchev–Trinajstić information content (AvgIpc) is 2.91. The zero-order valence-electron chi connectivity index (χ0n) is 12.0. The second-order valence-corrected chi connectivity index (χ2v) is 4.74. The first-order valence-electron chi connectivity index (χ1n) is 6.89. The highest BCUT2D eigenvalue weighted by Crippen LogP contribution is 2.15. The number of methoxy groups -OCH3 is 1. The Labute approximate surface area is 122 Å². The van der Waals surface area contributed by atoms with Crippen LogP contribution in [0.1, 0.15) is 12.0 Å². The van der Waals surface area contributed by atoms with E-state index in [1.807, 2.05) is 0 Å². The number of nitrogens with one attached hydrogen (secondary N) is 1. The van der Waals surface area contributed by atoms with Crippen molar-refractivity contribution in [3.63, 3.8) is 0 Å². The second kappa shape index (κ2) is 7.85. The van der Waals surface area contributed by atoms with Crippen LogP contribution in [0.15, 0.2) is 30.6 Å². The minimum absolute atomic E-state index is 0.251. The first-order chi connectivity index (χ1) is 10.2. The van der Waals surface area contributed by atoms with Gasteiger partial charge in [-0.15, -0.1) is 0 Å². The maximum Gasteiger partial charge on any atom is 0.151 e. The Balaban J connectivity index is 1.86. The molecule has 1 aromatic carbocycles. The molecule has 0 unspecified atom stereocenters. The van der Waals surface area contributed by atoms with Gasteiger partial charge in [-0.2, -0.15) is 5.10 Å². The molecule has 0 aliphatic rings. The molecule has 0 bridgehead atoms. The van der Waals surface area contributed by atoms with Crippen LogP contribution in [-0.4, -0.2) is 36.6 Å². The highest BCUT2D eigenvalue weighted by molar-refractivity contribution is 5.33. The number of hydrogen-bond donors (Lipinski definition) is 1. The quantitative estimate of drug-likeness (QED) is 0.760. The molecule has 0 saturated carbocycles. The van der Waals surface area contributed by atoms with Crippen molar-refractivity contribution in [2.75, 3.05) is 26.8 Å². The molecular formula is C15H19F2N3O. The lowest BCUT2D eigenvalue weighted by Gasteiger charge is -2.03. The van der Waals surface area contributed by atoms with Crippen molar-refractivity contribution in [1.82, 2.24) is 15.1 Å². The van der Waals surface area contributed by atoms with E-state index in [0.717, 1.165) is 37.6 Å². The predicted octanol–water partition coefficient (Wildman–Crippen LogP) is 2.32. The van der Waals surface area contributed by atoms with Crippen LogP contribution in [0.5, 0.6) is 0 Å². The Bertz CT molecular complexity index is 572. The van der Waals surface area contributed by atoms with E-state index in [1.165, 1.54) is 16.8 Å². The van der Waals surface area contributed by atoms with Crippen LogP contribution in [0, 0.1) is 11.6 Å². The molecule has 0 aliphatic carbocycles. The van der Waals surface area contributed by atoms with E-state index in [1.54, 1.807) is 19.5 Å². The number of hydrogen-bond acceptors (Lipinski definition) is 3. The number of halogens is 2. The van der Waals surface area contributed by atoms with Crippen LogP contribution in [0.4, 0.5) is 8.78 Å². The lowest BCUT2D eigenvalue weighted by Crippen LogP contribution is -2.20. The van der Waals surface area contributed by atoms with Gasteiger partial charge < -0.3 is 10.1 Å². The summed E-state index contributed by atoms with van der Waals surface area (Å²) in [5, 5.41) is 7.38. The fourth-order valence-corrected chi connectivity index (χ4v) is 2.00. The van der Waals surface area contributed by atoms with Crippen molar-refractivity contribution in [3.05, 3.63) is 47.8 Å². The van der Waals surface area contributed by atoms with Gasteiger partial charge in [-0.3, -0.25) is 0 Å². The van der Waals surface area contributed by atoms with E-state index in [-0.39, 0.29) is 5.69 Å². The van der Waals surface area contributed by atoms with Gasteiger partial charge in [0.05, 0.1) is 12.8 Å². The summed E-state index contributed by atoms with van der Waals surface area (Å²) in [6, 6.07) is 3.46. The van der Waals surface area contributed by atoms with Crippen LogP contribution in [0.3, 0.4) is 0 Å². The van der Waals surface area contributed by atoms with E-state index >= 15 is 0 Å². The summed E-state index contributed by atoms with van der Waals surface area (Å²) < 4.78 is 32.9. The van der Waals surface area contributed by atoms with Crippen molar-refractivity contribution >= 4 is 0 Å². The molecule has 0 atom stereocenters. The van der Waals surface area contributed by atoms with Crippen molar-refractivity contribution in [2.45, 2.75) is 12.8 Å². The normalized spacial score (nSPS) is 11.0. The van der Waals surface area contributed by atoms with Gasteiger partial charge in [0.1, 0.15) is 11.5 Å². The Morgan fingerprint density at radius 3 is 2.90 bits per heavy atom. The summed E-state index contributed by atoms with van der Waals surface area (Å²) in [6.07, 6.45) is 5.29. The van der Waals surface area contributed by atoms with Gasteiger partial charge in [0.15, 0.2) is 5.82 Å². The SMILES string of the molecule is COCCNCCCc1cnn(-c2ccc(F)cc2F)c1. The monoisotopic (exact) mass is 295 g/mol. The minimum Gasteiger partial charge on any atom is -0.383 e. The number of aryl methyl sites for hydroxylation is 1. The summed E-state index contributed by atoms with van der Waals surface area (Å²) in [5.74, 6) is -1.21. The third kappa shape index (κ3) is 4.61. The summed E-state index contributed by atoms with van der Waals surface area (Å²) in [7, 11) is 1.67. The largest absolute Gasteiger partial charge is 0.383 e. The summed E-state index contributed by atoms with van der Waals surface area (Å²) in [4.78, 5) is 0. The molecule has 0 aliphatic heterocycles. The van der Waals surface area contributed by atoms with E-state index in [4.69, 9.17) is 4.74 Å².